The molecule has 0 aliphatic carbocycles. The fraction of sp³-hybridized carbons (Fsp3) is 0.923. The van der Waals surface area contributed by atoms with Crippen LogP contribution in [-0.2, 0) is 14.3 Å². The lowest BCUT2D eigenvalue weighted by Crippen LogP contribution is -2.35. The van der Waals surface area contributed by atoms with E-state index in [1.165, 1.54) is 0 Å². The quantitative estimate of drug-likeness (QED) is 0.826. The van der Waals surface area contributed by atoms with Gasteiger partial charge in [0.25, 0.3) is 0 Å². The second-order valence-corrected chi connectivity index (χ2v) is 6.44. The zero-order valence-electron chi connectivity index (χ0n) is 11.7. The van der Waals surface area contributed by atoms with Crippen LogP contribution in [0.15, 0.2) is 0 Å². The van der Waals surface area contributed by atoms with Gasteiger partial charge < -0.3 is 14.6 Å². The lowest BCUT2D eigenvalue weighted by Gasteiger charge is -2.26. The molecule has 1 N–H and O–H groups in total. The topological polar surface area (TPSA) is 55.8 Å². The number of carboxylic acid groups (broad SMARTS) is 1. The van der Waals surface area contributed by atoms with Crippen molar-refractivity contribution in [1.82, 2.24) is 0 Å². The molecule has 1 atom stereocenters. The van der Waals surface area contributed by atoms with Crippen molar-refractivity contribution >= 4 is 5.97 Å². The van der Waals surface area contributed by atoms with E-state index in [0.717, 1.165) is 0 Å². The summed E-state index contributed by atoms with van der Waals surface area (Å²) >= 11 is 0. The third-order valence-corrected chi connectivity index (χ3v) is 3.32. The van der Waals surface area contributed by atoms with E-state index >= 15 is 0 Å². The summed E-state index contributed by atoms with van der Waals surface area (Å²) in [6, 6.07) is 0. The number of ether oxygens (including phenoxy) is 2. The van der Waals surface area contributed by atoms with E-state index < -0.39 is 17.2 Å². The van der Waals surface area contributed by atoms with E-state index in [-0.39, 0.29) is 11.7 Å². The summed E-state index contributed by atoms with van der Waals surface area (Å²) in [4.78, 5) is 11.0. The van der Waals surface area contributed by atoms with E-state index in [9.17, 15) is 4.79 Å². The van der Waals surface area contributed by atoms with Crippen LogP contribution in [-0.4, -0.2) is 28.6 Å². The molecule has 0 amide bonds. The second kappa shape index (κ2) is 4.25. The zero-order valence-corrected chi connectivity index (χ0v) is 11.7. The molecule has 0 radical (unpaired) electrons. The van der Waals surface area contributed by atoms with Crippen molar-refractivity contribution in [3.8, 4) is 0 Å². The SMILES string of the molecule is CC1(C)O[C@H](CCC(C)(C)C(=O)O)C(C)(C)O1. The molecule has 0 aromatic rings. The maximum absolute atomic E-state index is 11.0. The third kappa shape index (κ3) is 3.42. The van der Waals surface area contributed by atoms with Crippen LogP contribution in [0.2, 0.25) is 0 Å². The molecule has 1 aliphatic heterocycles. The molecule has 1 aliphatic rings. The van der Waals surface area contributed by atoms with Crippen molar-refractivity contribution in [2.24, 2.45) is 5.41 Å². The highest BCUT2D eigenvalue weighted by atomic mass is 16.8. The fourth-order valence-electron chi connectivity index (χ4n) is 2.21. The summed E-state index contributed by atoms with van der Waals surface area (Å²) < 4.78 is 11.6. The summed E-state index contributed by atoms with van der Waals surface area (Å²) in [5.41, 5.74) is -1.08. The first-order chi connectivity index (χ1) is 7.46. The Hall–Kier alpha value is -0.610. The molecule has 4 heteroatoms. The zero-order chi connectivity index (χ0) is 13.5. The maximum Gasteiger partial charge on any atom is 0.309 e. The molecule has 4 nitrogen and oxygen atoms in total. The van der Waals surface area contributed by atoms with Crippen LogP contribution in [0, 0.1) is 5.41 Å². The third-order valence-electron chi connectivity index (χ3n) is 3.32. The summed E-state index contributed by atoms with van der Waals surface area (Å²) in [5, 5.41) is 9.08. The first-order valence-electron chi connectivity index (χ1n) is 6.08. The standard InChI is InChI=1S/C13H24O4/c1-11(2,10(14)15)8-7-9-12(3,4)17-13(5,6)16-9/h9H,7-8H2,1-6H3,(H,14,15)/t9-/m1/s1. The number of rotatable bonds is 4. The van der Waals surface area contributed by atoms with Gasteiger partial charge in [0.05, 0.1) is 17.1 Å². The van der Waals surface area contributed by atoms with Crippen LogP contribution in [0.3, 0.4) is 0 Å². The molecule has 0 aromatic heterocycles. The number of carbonyl (C=O) groups is 1. The van der Waals surface area contributed by atoms with Gasteiger partial charge in [-0.25, -0.2) is 0 Å². The van der Waals surface area contributed by atoms with Crippen molar-refractivity contribution in [2.45, 2.75) is 71.9 Å². The fourth-order valence-corrected chi connectivity index (χ4v) is 2.21. The molecular formula is C13H24O4. The van der Waals surface area contributed by atoms with Gasteiger partial charge in [0.1, 0.15) is 0 Å². The van der Waals surface area contributed by atoms with Crippen LogP contribution < -0.4 is 0 Å². The number of hydrogen-bond acceptors (Lipinski definition) is 3. The van der Waals surface area contributed by atoms with E-state index in [2.05, 4.69) is 0 Å². The Morgan fingerprint density at radius 1 is 1.29 bits per heavy atom. The van der Waals surface area contributed by atoms with Crippen molar-refractivity contribution in [3.63, 3.8) is 0 Å². The molecule has 0 spiro atoms. The second-order valence-electron chi connectivity index (χ2n) is 6.44. The van der Waals surface area contributed by atoms with E-state index in [4.69, 9.17) is 14.6 Å². The lowest BCUT2D eigenvalue weighted by atomic mass is 9.84. The number of aliphatic carboxylic acids is 1. The molecule has 1 heterocycles. The Balaban J connectivity index is 2.62. The highest BCUT2D eigenvalue weighted by molar-refractivity contribution is 5.73. The largest absolute Gasteiger partial charge is 0.481 e. The van der Waals surface area contributed by atoms with Gasteiger partial charge in [0, 0.05) is 0 Å². The average Bonchev–Trinajstić information content (AvgIpc) is 2.30. The van der Waals surface area contributed by atoms with Gasteiger partial charge in [0.15, 0.2) is 5.79 Å². The minimum Gasteiger partial charge on any atom is -0.481 e. The first kappa shape index (κ1) is 14.5. The van der Waals surface area contributed by atoms with Gasteiger partial charge in [-0.15, -0.1) is 0 Å². The Bertz CT molecular complexity index is 305. The number of hydrogen-bond donors (Lipinski definition) is 1. The van der Waals surface area contributed by atoms with Gasteiger partial charge in [0.2, 0.25) is 0 Å². The van der Waals surface area contributed by atoms with Crippen LogP contribution in [0.1, 0.15) is 54.4 Å². The summed E-state index contributed by atoms with van der Waals surface area (Å²) in [7, 11) is 0. The summed E-state index contributed by atoms with van der Waals surface area (Å²) in [6.45, 7) is 11.2. The van der Waals surface area contributed by atoms with Gasteiger partial charge in [-0.1, -0.05) is 0 Å². The van der Waals surface area contributed by atoms with Gasteiger partial charge >= 0.3 is 5.97 Å². The lowest BCUT2D eigenvalue weighted by molar-refractivity contribution is -0.158. The monoisotopic (exact) mass is 244 g/mol. The Kier molecular flexibility index (Phi) is 3.61. The van der Waals surface area contributed by atoms with Crippen molar-refractivity contribution < 1.29 is 19.4 Å². The summed E-state index contributed by atoms with van der Waals surface area (Å²) in [5.74, 6) is -1.35. The van der Waals surface area contributed by atoms with Crippen LogP contribution >= 0.6 is 0 Å². The first-order valence-corrected chi connectivity index (χ1v) is 6.08. The average molecular weight is 244 g/mol. The predicted octanol–water partition coefficient (Wildman–Crippen LogP) is 2.81. The minimum atomic E-state index is -0.770. The van der Waals surface area contributed by atoms with E-state index in [1.54, 1.807) is 13.8 Å². The molecule has 17 heavy (non-hydrogen) atoms. The maximum atomic E-state index is 11.0. The molecule has 1 fully saturated rings. The van der Waals surface area contributed by atoms with Crippen LogP contribution in [0.5, 0.6) is 0 Å². The Labute approximate surface area is 103 Å². The molecule has 0 unspecified atom stereocenters. The smallest absolute Gasteiger partial charge is 0.309 e. The van der Waals surface area contributed by atoms with Crippen molar-refractivity contribution in [2.75, 3.05) is 0 Å². The molecule has 0 aromatic carbocycles. The van der Waals surface area contributed by atoms with Crippen molar-refractivity contribution in [3.05, 3.63) is 0 Å². The Morgan fingerprint density at radius 2 is 1.82 bits per heavy atom. The van der Waals surface area contributed by atoms with Gasteiger partial charge in [-0.3, -0.25) is 4.79 Å². The normalized spacial score (nSPS) is 27.1. The highest BCUT2D eigenvalue weighted by Gasteiger charge is 2.47. The number of carboxylic acids is 1. The van der Waals surface area contributed by atoms with E-state index in [0.29, 0.717) is 12.8 Å². The highest BCUT2D eigenvalue weighted by Crippen LogP contribution is 2.39. The van der Waals surface area contributed by atoms with E-state index in [1.807, 2.05) is 27.7 Å². The minimum absolute atomic E-state index is 0.0591. The molecular weight excluding hydrogens is 220 g/mol. The molecule has 1 saturated heterocycles. The molecule has 0 bridgehead atoms. The predicted molar refractivity (Wildman–Crippen MR) is 64.8 cm³/mol. The molecule has 1 rings (SSSR count). The summed E-state index contributed by atoms with van der Waals surface area (Å²) in [6.07, 6.45) is 1.21. The molecule has 0 saturated carbocycles. The van der Waals surface area contributed by atoms with Crippen molar-refractivity contribution in [1.29, 1.82) is 0 Å². The Morgan fingerprint density at radius 3 is 2.18 bits per heavy atom. The van der Waals surface area contributed by atoms with Gasteiger partial charge in [-0.05, 0) is 54.4 Å². The van der Waals surface area contributed by atoms with Gasteiger partial charge in [-0.2, -0.15) is 0 Å². The van der Waals surface area contributed by atoms with Crippen LogP contribution in [0.4, 0.5) is 0 Å². The van der Waals surface area contributed by atoms with Crippen LogP contribution in [0.25, 0.3) is 0 Å². The molecule has 100 valence electrons.